The summed E-state index contributed by atoms with van der Waals surface area (Å²) in [5, 5.41) is 13.2. The van der Waals surface area contributed by atoms with Crippen molar-refractivity contribution in [1.29, 1.82) is 0 Å². The minimum Gasteiger partial charge on any atom is -0.497 e. The van der Waals surface area contributed by atoms with Crippen LogP contribution >= 0.6 is 0 Å². The highest BCUT2D eigenvalue weighted by atomic mass is 19.4. The largest absolute Gasteiger partial charge is 0.497 e. The molecule has 11 nitrogen and oxygen atoms in total. The average molecular weight is 554 g/mol. The topological polar surface area (TPSA) is 129 Å². The quantitative estimate of drug-likeness (QED) is 0.291. The Bertz CT molecular complexity index is 1670. The van der Waals surface area contributed by atoms with Crippen LogP contribution in [0.1, 0.15) is 39.2 Å². The fourth-order valence-electron chi connectivity index (χ4n) is 3.93. The number of amides is 2. The van der Waals surface area contributed by atoms with Crippen LogP contribution in [0.4, 0.5) is 18.9 Å². The van der Waals surface area contributed by atoms with Gasteiger partial charge in [-0.15, -0.1) is 0 Å². The van der Waals surface area contributed by atoms with Gasteiger partial charge >= 0.3 is 6.18 Å². The molecule has 40 heavy (non-hydrogen) atoms. The van der Waals surface area contributed by atoms with Gasteiger partial charge in [0.15, 0.2) is 17.0 Å². The molecular formula is C26H22F3N7O4. The maximum atomic E-state index is 14.0. The molecule has 0 saturated carbocycles. The van der Waals surface area contributed by atoms with Crippen LogP contribution in [-0.4, -0.2) is 43.3 Å². The zero-order chi connectivity index (χ0) is 28.4. The van der Waals surface area contributed by atoms with Gasteiger partial charge in [0.25, 0.3) is 11.8 Å². The number of hydrogen-bond acceptors (Lipinski definition) is 7. The number of nitrogens with zero attached hydrogens (tertiary/aromatic N) is 5. The van der Waals surface area contributed by atoms with E-state index < -0.39 is 23.7 Å². The molecule has 0 atom stereocenters. The van der Waals surface area contributed by atoms with Crippen LogP contribution in [-0.2, 0) is 19.3 Å². The van der Waals surface area contributed by atoms with E-state index >= 15 is 0 Å². The number of carbonyl (C=O) groups excluding carboxylic acids is 2. The van der Waals surface area contributed by atoms with Crippen LogP contribution in [0, 0.1) is 0 Å². The van der Waals surface area contributed by atoms with Crippen molar-refractivity contribution in [1.82, 2.24) is 29.7 Å². The van der Waals surface area contributed by atoms with E-state index in [0.29, 0.717) is 28.1 Å². The summed E-state index contributed by atoms with van der Waals surface area (Å²) in [7, 11) is 1.47. The smallest absolute Gasteiger partial charge is 0.433 e. The number of ether oxygens (including phenoxy) is 1. The second-order valence-electron chi connectivity index (χ2n) is 8.51. The van der Waals surface area contributed by atoms with Crippen molar-refractivity contribution >= 4 is 23.1 Å². The number of rotatable bonds is 8. The first-order chi connectivity index (χ1) is 19.2. The number of methoxy groups -OCH3 is 1. The van der Waals surface area contributed by atoms with Crippen LogP contribution in [0.25, 0.3) is 16.9 Å². The first-order valence-electron chi connectivity index (χ1n) is 12.0. The number of fused-ring (bicyclic) bond motifs is 1. The SMILES string of the molecule is CCn1cc(NC(=O)c2cnn3c(C(F)(F)F)cc(-c4ccc(OC)cc4)nc23)c(C(=O)NCc2ccco2)n1. The molecule has 0 unspecified atom stereocenters. The molecule has 2 amide bonds. The molecule has 0 aliphatic rings. The summed E-state index contributed by atoms with van der Waals surface area (Å²) in [6, 6.07) is 10.5. The lowest BCUT2D eigenvalue weighted by molar-refractivity contribution is -0.142. The fraction of sp³-hybridized carbons (Fsp3) is 0.192. The van der Waals surface area contributed by atoms with E-state index in [0.717, 1.165) is 12.3 Å². The van der Waals surface area contributed by atoms with Gasteiger partial charge in [0.05, 0.1) is 37.5 Å². The monoisotopic (exact) mass is 553 g/mol. The highest BCUT2D eigenvalue weighted by Crippen LogP contribution is 2.33. The summed E-state index contributed by atoms with van der Waals surface area (Å²) in [6.45, 7) is 2.27. The molecule has 4 heterocycles. The van der Waals surface area contributed by atoms with E-state index in [1.165, 1.54) is 24.3 Å². The van der Waals surface area contributed by atoms with Gasteiger partial charge in [0.2, 0.25) is 0 Å². The number of furan rings is 1. The summed E-state index contributed by atoms with van der Waals surface area (Å²) in [4.78, 5) is 30.5. The highest BCUT2D eigenvalue weighted by Gasteiger charge is 2.36. The summed E-state index contributed by atoms with van der Waals surface area (Å²) in [5.74, 6) is -0.377. The lowest BCUT2D eigenvalue weighted by Gasteiger charge is -2.12. The number of alkyl halides is 3. The molecular weight excluding hydrogens is 531 g/mol. The zero-order valence-electron chi connectivity index (χ0n) is 21.2. The van der Waals surface area contributed by atoms with Gasteiger partial charge < -0.3 is 19.8 Å². The Morgan fingerprint density at radius 1 is 1.12 bits per heavy atom. The van der Waals surface area contributed by atoms with Gasteiger partial charge in [0, 0.05) is 18.3 Å². The van der Waals surface area contributed by atoms with Gasteiger partial charge in [-0.1, -0.05) is 0 Å². The Morgan fingerprint density at radius 2 is 1.90 bits per heavy atom. The van der Waals surface area contributed by atoms with E-state index in [9.17, 15) is 22.8 Å². The van der Waals surface area contributed by atoms with E-state index in [1.54, 1.807) is 43.3 Å². The van der Waals surface area contributed by atoms with Gasteiger partial charge in [-0.05, 0) is 49.4 Å². The minimum absolute atomic E-state index is 0.0196. The molecule has 5 aromatic rings. The Kier molecular flexibility index (Phi) is 6.98. The van der Waals surface area contributed by atoms with E-state index in [1.807, 2.05) is 0 Å². The molecule has 5 rings (SSSR count). The first kappa shape index (κ1) is 26.5. The normalized spacial score (nSPS) is 11.5. The maximum Gasteiger partial charge on any atom is 0.433 e. The van der Waals surface area contributed by atoms with Crippen molar-refractivity contribution in [2.24, 2.45) is 0 Å². The number of nitrogens with one attached hydrogen (secondary N) is 2. The van der Waals surface area contributed by atoms with Crippen molar-refractivity contribution < 1.29 is 31.9 Å². The first-order valence-corrected chi connectivity index (χ1v) is 12.0. The highest BCUT2D eigenvalue weighted by molar-refractivity contribution is 6.11. The number of hydrogen-bond donors (Lipinski definition) is 2. The Labute approximate surface area is 224 Å². The lowest BCUT2D eigenvalue weighted by atomic mass is 10.1. The molecule has 0 fully saturated rings. The number of halogens is 3. The lowest BCUT2D eigenvalue weighted by Crippen LogP contribution is -2.25. The van der Waals surface area contributed by atoms with E-state index in [4.69, 9.17) is 9.15 Å². The molecule has 0 saturated heterocycles. The van der Waals surface area contributed by atoms with Crippen LogP contribution in [0.5, 0.6) is 5.75 Å². The molecule has 4 aromatic heterocycles. The molecule has 0 bridgehead atoms. The standard InChI is InChI=1S/C26H22F3N7O4/c1-3-35-14-20(22(34-35)25(38)30-12-17-5-4-10-40-17)33-24(37)18-13-31-36-21(26(27,28)29)11-19(32-23(18)36)15-6-8-16(39-2)9-7-15/h4-11,13-14H,3,12H2,1-2H3,(H,30,38)(H,33,37). The molecule has 0 radical (unpaired) electrons. The molecule has 14 heteroatoms. The van der Waals surface area contributed by atoms with Crippen LogP contribution in [0.2, 0.25) is 0 Å². The molecule has 0 spiro atoms. The number of aromatic nitrogens is 5. The molecule has 0 aliphatic carbocycles. The van der Waals surface area contributed by atoms with Crippen LogP contribution in [0.3, 0.4) is 0 Å². The van der Waals surface area contributed by atoms with Crippen molar-refractivity contribution in [2.75, 3.05) is 12.4 Å². The van der Waals surface area contributed by atoms with E-state index in [2.05, 4.69) is 25.8 Å². The van der Waals surface area contributed by atoms with Gasteiger partial charge in [-0.25, -0.2) is 9.50 Å². The summed E-state index contributed by atoms with van der Waals surface area (Å²) in [5.41, 5.74) is -1.32. The predicted molar refractivity (Wildman–Crippen MR) is 136 cm³/mol. The second kappa shape index (κ2) is 10.6. The van der Waals surface area contributed by atoms with Crippen molar-refractivity contribution in [3.05, 3.63) is 83.8 Å². The molecule has 0 aliphatic heterocycles. The number of anilines is 1. The zero-order valence-corrected chi connectivity index (χ0v) is 21.2. The van der Waals surface area contributed by atoms with Crippen molar-refractivity contribution in [2.45, 2.75) is 26.2 Å². The summed E-state index contributed by atoms with van der Waals surface area (Å²) < 4.78 is 54.2. The molecule has 1 aromatic carbocycles. The van der Waals surface area contributed by atoms with E-state index in [-0.39, 0.29) is 34.8 Å². The average Bonchev–Trinajstić information content (AvgIpc) is 3.70. The Morgan fingerprint density at radius 3 is 2.55 bits per heavy atom. The van der Waals surface area contributed by atoms with Gasteiger partial charge in [-0.2, -0.15) is 23.4 Å². The minimum atomic E-state index is -4.79. The van der Waals surface area contributed by atoms with Gasteiger partial charge in [0.1, 0.15) is 17.1 Å². The third-order valence-electron chi connectivity index (χ3n) is 5.94. The summed E-state index contributed by atoms with van der Waals surface area (Å²) in [6.07, 6.45) is -0.883. The third-order valence-corrected chi connectivity index (χ3v) is 5.94. The number of carbonyl (C=O) groups is 2. The van der Waals surface area contributed by atoms with Crippen molar-refractivity contribution in [3.8, 4) is 17.0 Å². The van der Waals surface area contributed by atoms with Crippen molar-refractivity contribution in [3.63, 3.8) is 0 Å². The molecule has 2 N–H and O–H groups in total. The fourth-order valence-corrected chi connectivity index (χ4v) is 3.93. The number of benzene rings is 1. The Hall–Kier alpha value is -5.14. The van der Waals surface area contributed by atoms with Crippen LogP contribution in [0.15, 0.2) is 65.5 Å². The maximum absolute atomic E-state index is 14.0. The van der Waals surface area contributed by atoms with Crippen LogP contribution < -0.4 is 15.4 Å². The Balaban J connectivity index is 1.49. The second-order valence-corrected chi connectivity index (χ2v) is 8.51. The summed E-state index contributed by atoms with van der Waals surface area (Å²) >= 11 is 0. The third kappa shape index (κ3) is 5.23. The molecule has 206 valence electrons. The predicted octanol–water partition coefficient (Wildman–Crippen LogP) is 4.42. The number of aryl methyl sites for hydroxylation is 1. The van der Waals surface area contributed by atoms with Gasteiger partial charge in [-0.3, -0.25) is 14.3 Å².